The van der Waals surface area contributed by atoms with Crippen LogP contribution in [0.25, 0.3) is 0 Å². The minimum Gasteiger partial charge on any atom is -0.440 e. The first-order valence-electron chi connectivity index (χ1n) is 6.21. The van der Waals surface area contributed by atoms with Gasteiger partial charge < -0.3 is 9.47 Å². The zero-order valence-electron chi connectivity index (χ0n) is 11.9. The fraction of sp³-hybridized carbons (Fsp3) is 0.250. The molecule has 0 aliphatic heterocycles. The van der Waals surface area contributed by atoms with Crippen molar-refractivity contribution in [1.82, 2.24) is 15.0 Å². The molecule has 1 aromatic carbocycles. The van der Waals surface area contributed by atoms with Gasteiger partial charge in [-0.1, -0.05) is 23.2 Å². The van der Waals surface area contributed by atoms with E-state index in [1.54, 1.807) is 0 Å². The SMILES string of the molecule is FC(F)(F)C(Oc1nc(Cl)nc(Oc2ccc(Cl)cc2Cl)n1)C(F)(F)F. The molecule has 0 spiro atoms. The van der Waals surface area contributed by atoms with Crippen molar-refractivity contribution in [2.45, 2.75) is 18.5 Å². The Labute approximate surface area is 155 Å². The molecule has 0 N–H and O–H groups in total. The number of benzene rings is 1. The minimum atomic E-state index is -5.77. The predicted octanol–water partition coefficient (Wildman–Crippen LogP) is 5.50. The summed E-state index contributed by atoms with van der Waals surface area (Å²) in [5.41, 5.74) is 0. The summed E-state index contributed by atoms with van der Waals surface area (Å²) in [5.74, 6) is -0.0903. The van der Waals surface area contributed by atoms with Crippen LogP contribution in [0, 0.1) is 0 Å². The minimum absolute atomic E-state index is 0.0278. The molecule has 2 aromatic rings. The molecule has 142 valence electrons. The second-order valence-electron chi connectivity index (χ2n) is 4.43. The fourth-order valence-corrected chi connectivity index (χ4v) is 2.09. The summed E-state index contributed by atoms with van der Waals surface area (Å²) in [7, 11) is 0. The molecule has 0 unspecified atom stereocenters. The zero-order chi connectivity index (χ0) is 19.7. The van der Waals surface area contributed by atoms with Crippen molar-refractivity contribution >= 4 is 34.8 Å². The van der Waals surface area contributed by atoms with E-state index in [4.69, 9.17) is 39.5 Å². The fourth-order valence-electron chi connectivity index (χ4n) is 1.49. The smallest absolute Gasteiger partial charge is 0.434 e. The molecule has 0 saturated heterocycles. The lowest BCUT2D eigenvalue weighted by Gasteiger charge is -2.22. The molecule has 0 saturated carbocycles. The van der Waals surface area contributed by atoms with E-state index in [9.17, 15) is 26.3 Å². The van der Waals surface area contributed by atoms with Crippen molar-refractivity contribution in [3.63, 3.8) is 0 Å². The third-order valence-electron chi connectivity index (χ3n) is 2.48. The summed E-state index contributed by atoms with van der Waals surface area (Å²) in [6.07, 6.45) is -15.7. The molecule has 0 bridgehead atoms. The van der Waals surface area contributed by atoms with Crippen LogP contribution < -0.4 is 9.47 Å². The topological polar surface area (TPSA) is 57.1 Å². The van der Waals surface area contributed by atoms with E-state index in [-0.39, 0.29) is 15.8 Å². The molecule has 1 aromatic heterocycles. The Kier molecular flexibility index (Phi) is 5.93. The second kappa shape index (κ2) is 7.49. The van der Waals surface area contributed by atoms with Crippen molar-refractivity contribution in [3.05, 3.63) is 33.5 Å². The average Bonchev–Trinajstić information content (AvgIpc) is 2.45. The van der Waals surface area contributed by atoms with Crippen molar-refractivity contribution in [2.75, 3.05) is 0 Å². The summed E-state index contributed by atoms with van der Waals surface area (Å²) < 4.78 is 84.1. The molecule has 0 aliphatic rings. The molecule has 26 heavy (non-hydrogen) atoms. The Morgan fingerprint density at radius 3 is 1.96 bits per heavy atom. The molecule has 0 fully saturated rings. The van der Waals surface area contributed by atoms with E-state index in [1.165, 1.54) is 18.2 Å². The van der Waals surface area contributed by atoms with Crippen LogP contribution in [-0.2, 0) is 0 Å². The highest BCUT2D eigenvalue weighted by atomic mass is 35.5. The Morgan fingerprint density at radius 1 is 0.846 bits per heavy atom. The number of halogens is 9. The quantitative estimate of drug-likeness (QED) is 0.586. The Balaban J connectivity index is 2.31. The molecule has 0 amide bonds. The van der Waals surface area contributed by atoms with Crippen molar-refractivity contribution in [3.8, 4) is 17.8 Å². The molecule has 1 heterocycles. The largest absolute Gasteiger partial charge is 0.440 e. The molecule has 0 radical (unpaired) electrons. The molecule has 0 atom stereocenters. The lowest BCUT2D eigenvalue weighted by Crippen LogP contribution is -2.46. The van der Waals surface area contributed by atoms with Gasteiger partial charge in [0.1, 0.15) is 5.75 Å². The van der Waals surface area contributed by atoms with E-state index >= 15 is 0 Å². The number of rotatable bonds is 4. The second-order valence-corrected chi connectivity index (χ2v) is 5.61. The van der Waals surface area contributed by atoms with Crippen LogP contribution in [-0.4, -0.2) is 33.4 Å². The highest BCUT2D eigenvalue weighted by molar-refractivity contribution is 6.35. The summed E-state index contributed by atoms with van der Waals surface area (Å²) in [6, 6.07) is 1.79. The van der Waals surface area contributed by atoms with Crippen LogP contribution in [0.1, 0.15) is 0 Å². The monoisotopic (exact) mass is 441 g/mol. The van der Waals surface area contributed by atoms with Gasteiger partial charge in [-0.2, -0.15) is 36.3 Å². The molecule has 0 aliphatic carbocycles. The number of hydrogen-bond donors (Lipinski definition) is 0. The van der Waals surface area contributed by atoms with Crippen LogP contribution in [0.15, 0.2) is 18.2 Å². The van der Waals surface area contributed by atoms with Gasteiger partial charge in [0.15, 0.2) is 0 Å². The average molecular weight is 443 g/mol. The van der Waals surface area contributed by atoms with Gasteiger partial charge >= 0.3 is 24.4 Å². The molecule has 5 nitrogen and oxygen atoms in total. The summed E-state index contributed by atoms with van der Waals surface area (Å²) >= 11 is 17.0. The van der Waals surface area contributed by atoms with E-state index in [1.807, 2.05) is 0 Å². The van der Waals surface area contributed by atoms with Crippen LogP contribution >= 0.6 is 34.8 Å². The van der Waals surface area contributed by atoms with Gasteiger partial charge in [0.2, 0.25) is 5.28 Å². The first-order valence-corrected chi connectivity index (χ1v) is 7.34. The van der Waals surface area contributed by atoms with Gasteiger partial charge in [-0.25, -0.2) is 0 Å². The van der Waals surface area contributed by atoms with Gasteiger partial charge in [0.05, 0.1) is 5.02 Å². The Bertz CT molecular complexity index is 789. The number of ether oxygens (including phenoxy) is 2. The third kappa shape index (κ3) is 5.39. The Morgan fingerprint density at radius 2 is 1.42 bits per heavy atom. The lowest BCUT2D eigenvalue weighted by molar-refractivity contribution is -0.301. The standard InChI is InChI=1S/C12H4Cl3F6N3O2/c13-4-1-2-6(5(14)3-4)25-9-22-8(15)23-10(24-9)26-7(11(16,17)18)12(19,20)21/h1-3,7H. The Hall–Kier alpha value is -1.72. The predicted molar refractivity (Wildman–Crippen MR) is 77.9 cm³/mol. The van der Waals surface area contributed by atoms with E-state index in [0.717, 1.165) is 0 Å². The zero-order valence-corrected chi connectivity index (χ0v) is 14.1. The molecular weight excluding hydrogens is 438 g/mol. The maximum absolute atomic E-state index is 12.5. The van der Waals surface area contributed by atoms with E-state index in [0.29, 0.717) is 0 Å². The molecular formula is C12H4Cl3F6N3O2. The van der Waals surface area contributed by atoms with Gasteiger partial charge in [-0.05, 0) is 29.8 Å². The highest BCUT2D eigenvalue weighted by Crippen LogP contribution is 2.36. The van der Waals surface area contributed by atoms with Crippen LogP contribution in [0.5, 0.6) is 17.8 Å². The van der Waals surface area contributed by atoms with Gasteiger partial charge in [-0.3, -0.25) is 0 Å². The number of aromatic nitrogens is 3. The number of nitrogens with zero attached hydrogens (tertiary/aromatic N) is 3. The summed E-state index contributed by atoms with van der Waals surface area (Å²) in [4.78, 5) is 9.69. The third-order valence-corrected chi connectivity index (χ3v) is 3.18. The maximum Gasteiger partial charge on any atom is 0.434 e. The van der Waals surface area contributed by atoms with E-state index < -0.39 is 35.8 Å². The van der Waals surface area contributed by atoms with Crippen molar-refractivity contribution < 1.29 is 35.8 Å². The van der Waals surface area contributed by atoms with Gasteiger partial charge in [0.25, 0.3) is 6.10 Å². The van der Waals surface area contributed by atoms with Gasteiger partial charge in [0, 0.05) is 5.02 Å². The summed E-state index contributed by atoms with van der Waals surface area (Å²) in [5, 5.41) is -0.545. The number of alkyl halides is 6. The lowest BCUT2D eigenvalue weighted by atomic mass is 10.3. The first kappa shape index (κ1) is 20.6. The van der Waals surface area contributed by atoms with Crippen molar-refractivity contribution in [2.24, 2.45) is 0 Å². The van der Waals surface area contributed by atoms with Crippen LogP contribution in [0.4, 0.5) is 26.3 Å². The van der Waals surface area contributed by atoms with E-state index in [2.05, 4.69) is 19.7 Å². The highest BCUT2D eigenvalue weighted by Gasteiger charge is 2.59. The van der Waals surface area contributed by atoms with Crippen LogP contribution in [0.2, 0.25) is 15.3 Å². The maximum atomic E-state index is 12.5. The number of hydrogen-bond acceptors (Lipinski definition) is 5. The van der Waals surface area contributed by atoms with Gasteiger partial charge in [-0.15, -0.1) is 4.98 Å². The first-order chi connectivity index (χ1) is 11.9. The normalized spacial score (nSPS) is 12.4. The van der Waals surface area contributed by atoms with Crippen LogP contribution in [0.3, 0.4) is 0 Å². The molecule has 14 heteroatoms. The van der Waals surface area contributed by atoms with Crippen molar-refractivity contribution in [1.29, 1.82) is 0 Å². The molecule has 2 rings (SSSR count). The summed E-state index contributed by atoms with van der Waals surface area (Å²) in [6.45, 7) is 0.